The molecule has 0 bridgehead atoms. The normalized spacial score (nSPS) is 12.0. The molecule has 0 aromatic heterocycles. The third-order valence-corrected chi connectivity index (χ3v) is 6.32. The zero-order valence-electron chi connectivity index (χ0n) is 19.1. The molecular formula is C30H28O3. The summed E-state index contributed by atoms with van der Waals surface area (Å²) in [5, 5.41) is 21.1. The summed E-state index contributed by atoms with van der Waals surface area (Å²) in [7, 11) is 0. The van der Waals surface area contributed by atoms with Crippen LogP contribution in [0.25, 0.3) is 0 Å². The molecule has 0 amide bonds. The lowest BCUT2D eigenvalue weighted by atomic mass is 9.80. The molecule has 33 heavy (non-hydrogen) atoms. The van der Waals surface area contributed by atoms with Crippen molar-refractivity contribution in [3.63, 3.8) is 0 Å². The van der Waals surface area contributed by atoms with Gasteiger partial charge < -0.3 is 10.2 Å². The molecule has 4 rings (SSSR count). The Kier molecular flexibility index (Phi) is 6.32. The summed E-state index contributed by atoms with van der Waals surface area (Å²) < 4.78 is 0. The lowest BCUT2D eigenvalue weighted by Gasteiger charge is -2.24. The zero-order chi connectivity index (χ0) is 23.5. The van der Waals surface area contributed by atoms with E-state index in [4.69, 9.17) is 0 Å². The molecule has 4 aromatic carbocycles. The molecule has 0 heterocycles. The monoisotopic (exact) mass is 436 g/mol. The summed E-state index contributed by atoms with van der Waals surface area (Å²) in [4.78, 5) is 12.1. The van der Waals surface area contributed by atoms with Gasteiger partial charge in [0.2, 0.25) is 0 Å². The average Bonchev–Trinajstić information content (AvgIpc) is 2.82. The van der Waals surface area contributed by atoms with Crippen LogP contribution in [0.5, 0.6) is 5.75 Å². The molecule has 0 saturated carbocycles. The molecule has 0 spiro atoms. The van der Waals surface area contributed by atoms with Crippen molar-refractivity contribution < 1.29 is 15.0 Å². The first-order valence-corrected chi connectivity index (χ1v) is 11.1. The van der Waals surface area contributed by atoms with Gasteiger partial charge in [-0.15, -0.1) is 0 Å². The summed E-state index contributed by atoms with van der Waals surface area (Å²) in [5.41, 5.74) is 6.76. The van der Waals surface area contributed by atoms with Crippen LogP contribution in [-0.2, 0) is 0 Å². The second-order valence-electron chi connectivity index (χ2n) is 8.70. The topological polar surface area (TPSA) is 57.5 Å². The van der Waals surface area contributed by atoms with Gasteiger partial charge in [-0.1, -0.05) is 103 Å². The Morgan fingerprint density at radius 2 is 1.21 bits per heavy atom. The van der Waals surface area contributed by atoms with Crippen LogP contribution >= 0.6 is 0 Å². The van der Waals surface area contributed by atoms with Crippen molar-refractivity contribution in [1.29, 1.82) is 0 Å². The number of hydrogen-bond acceptors (Lipinski definition) is 2. The van der Waals surface area contributed by atoms with E-state index in [0.717, 1.165) is 33.4 Å². The van der Waals surface area contributed by atoms with E-state index in [0.29, 0.717) is 5.56 Å². The molecule has 166 valence electrons. The number of aromatic hydroxyl groups is 1. The number of rotatable bonds is 6. The highest BCUT2D eigenvalue weighted by atomic mass is 16.4. The predicted octanol–water partition coefficient (Wildman–Crippen LogP) is 7.04. The van der Waals surface area contributed by atoms with Crippen LogP contribution in [0.1, 0.15) is 68.1 Å². The van der Waals surface area contributed by atoms with Crippen LogP contribution in [0.3, 0.4) is 0 Å². The summed E-state index contributed by atoms with van der Waals surface area (Å²) in [6, 6.07) is 29.9. The second kappa shape index (κ2) is 9.33. The first-order valence-electron chi connectivity index (χ1n) is 11.1. The van der Waals surface area contributed by atoms with Crippen molar-refractivity contribution in [2.75, 3.05) is 0 Å². The molecule has 3 nitrogen and oxygen atoms in total. The molecular weight excluding hydrogens is 408 g/mol. The highest BCUT2D eigenvalue weighted by molar-refractivity contribution is 5.92. The molecule has 2 N–H and O–H groups in total. The van der Waals surface area contributed by atoms with Crippen molar-refractivity contribution in [2.45, 2.75) is 32.6 Å². The Bertz CT molecular complexity index is 1210. The van der Waals surface area contributed by atoms with E-state index >= 15 is 0 Å². The Hall–Kier alpha value is -3.85. The van der Waals surface area contributed by atoms with Gasteiger partial charge in [0.05, 0.1) is 0 Å². The Labute approximate surface area is 195 Å². The quantitative estimate of drug-likeness (QED) is 0.319. The van der Waals surface area contributed by atoms with Crippen molar-refractivity contribution >= 4 is 5.97 Å². The standard InChI is InChI=1S/C30H28O3/c1-19-9-13-23(14-10-19)28(24-15-11-20(2)12-16-24)26-17-25(18-27(29(26)31)30(32)33)21(3)22-7-5-4-6-8-22/h4-18,21,28,31H,1-3H3,(H,32,33). The molecule has 1 unspecified atom stereocenters. The van der Waals surface area contributed by atoms with E-state index in [1.165, 1.54) is 0 Å². The minimum absolute atomic E-state index is 0.0275. The summed E-state index contributed by atoms with van der Waals surface area (Å²) in [6.07, 6.45) is 0. The van der Waals surface area contributed by atoms with Gasteiger partial charge in [0.1, 0.15) is 11.3 Å². The van der Waals surface area contributed by atoms with Gasteiger partial charge in [-0.25, -0.2) is 4.79 Å². The average molecular weight is 437 g/mol. The summed E-state index contributed by atoms with van der Waals surface area (Å²) in [5.74, 6) is -1.65. The number of carboxylic acids is 1. The highest BCUT2D eigenvalue weighted by Gasteiger charge is 2.26. The lowest BCUT2D eigenvalue weighted by molar-refractivity contribution is 0.0693. The molecule has 0 fully saturated rings. The number of aromatic carboxylic acids is 1. The fraction of sp³-hybridized carbons (Fsp3) is 0.167. The zero-order valence-corrected chi connectivity index (χ0v) is 19.1. The van der Waals surface area contributed by atoms with Crippen LogP contribution in [0.15, 0.2) is 91.0 Å². The highest BCUT2D eigenvalue weighted by Crippen LogP contribution is 2.41. The smallest absolute Gasteiger partial charge is 0.339 e. The fourth-order valence-corrected chi connectivity index (χ4v) is 4.32. The largest absolute Gasteiger partial charge is 0.507 e. The number of aryl methyl sites for hydroxylation is 2. The van der Waals surface area contributed by atoms with E-state index in [1.54, 1.807) is 6.07 Å². The van der Waals surface area contributed by atoms with Gasteiger partial charge >= 0.3 is 5.97 Å². The molecule has 1 atom stereocenters. The number of phenols is 1. The van der Waals surface area contributed by atoms with Gasteiger partial charge in [-0.05, 0) is 42.2 Å². The third kappa shape index (κ3) is 4.68. The second-order valence-corrected chi connectivity index (χ2v) is 8.70. The van der Waals surface area contributed by atoms with Crippen LogP contribution in [-0.4, -0.2) is 16.2 Å². The third-order valence-electron chi connectivity index (χ3n) is 6.32. The molecule has 0 aliphatic carbocycles. The maximum Gasteiger partial charge on any atom is 0.339 e. The first kappa shape index (κ1) is 22.3. The number of carboxylic acid groups (broad SMARTS) is 1. The van der Waals surface area contributed by atoms with Crippen LogP contribution in [0, 0.1) is 13.8 Å². The minimum atomic E-state index is -1.14. The fourth-order valence-electron chi connectivity index (χ4n) is 4.32. The van der Waals surface area contributed by atoms with Crippen molar-refractivity contribution in [1.82, 2.24) is 0 Å². The van der Waals surface area contributed by atoms with Gasteiger partial charge in [0.15, 0.2) is 0 Å². The van der Waals surface area contributed by atoms with E-state index in [9.17, 15) is 15.0 Å². The van der Waals surface area contributed by atoms with Crippen molar-refractivity contribution in [3.8, 4) is 5.75 Å². The van der Waals surface area contributed by atoms with Crippen molar-refractivity contribution in [2.24, 2.45) is 0 Å². The maximum absolute atomic E-state index is 12.1. The van der Waals surface area contributed by atoms with E-state index in [-0.39, 0.29) is 23.1 Å². The van der Waals surface area contributed by atoms with Gasteiger partial charge in [0.25, 0.3) is 0 Å². The molecule has 0 saturated heterocycles. The van der Waals surface area contributed by atoms with E-state index in [1.807, 2.05) is 98.8 Å². The molecule has 4 aromatic rings. The molecule has 0 aliphatic heterocycles. The Morgan fingerprint density at radius 3 is 1.70 bits per heavy atom. The number of hydrogen-bond donors (Lipinski definition) is 2. The maximum atomic E-state index is 12.1. The van der Waals surface area contributed by atoms with Gasteiger partial charge in [-0.3, -0.25) is 0 Å². The van der Waals surface area contributed by atoms with E-state index in [2.05, 4.69) is 6.92 Å². The number of carbonyl (C=O) groups is 1. The van der Waals surface area contributed by atoms with Gasteiger partial charge in [-0.2, -0.15) is 0 Å². The predicted molar refractivity (Wildman–Crippen MR) is 132 cm³/mol. The van der Waals surface area contributed by atoms with Gasteiger partial charge in [0, 0.05) is 17.4 Å². The van der Waals surface area contributed by atoms with Crippen LogP contribution in [0.2, 0.25) is 0 Å². The summed E-state index contributed by atoms with van der Waals surface area (Å²) in [6.45, 7) is 6.13. The van der Waals surface area contributed by atoms with Crippen LogP contribution in [0.4, 0.5) is 0 Å². The van der Waals surface area contributed by atoms with Crippen LogP contribution < -0.4 is 0 Å². The SMILES string of the molecule is Cc1ccc(C(c2ccc(C)cc2)c2cc(C(C)c3ccccc3)cc(C(=O)O)c2O)cc1. The molecule has 0 radical (unpaired) electrons. The minimum Gasteiger partial charge on any atom is -0.507 e. The van der Waals surface area contributed by atoms with E-state index < -0.39 is 5.97 Å². The lowest BCUT2D eigenvalue weighted by Crippen LogP contribution is -2.09. The first-order chi connectivity index (χ1) is 15.8. The molecule has 0 aliphatic rings. The Morgan fingerprint density at radius 1 is 0.697 bits per heavy atom. The van der Waals surface area contributed by atoms with Crippen molar-refractivity contribution in [3.05, 3.63) is 136 Å². The molecule has 3 heteroatoms. The number of benzene rings is 4. The Balaban J connectivity index is 1.95. The summed E-state index contributed by atoms with van der Waals surface area (Å²) >= 11 is 0.